The first-order valence-corrected chi connectivity index (χ1v) is 5.80. The van der Waals surface area contributed by atoms with Gasteiger partial charge in [0.25, 0.3) is 0 Å². The summed E-state index contributed by atoms with van der Waals surface area (Å²) in [5.74, 6) is -0.440. The van der Waals surface area contributed by atoms with Crippen LogP contribution in [-0.4, -0.2) is 24.5 Å². The van der Waals surface area contributed by atoms with Crippen LogP contribution in [0.25, 0.3) is 0 Å². The fourth-order valence-electron chi connectivity index (χ4n) is 2.63. The second-order valence-corrected chi connectivity index (χ2v) is 4.94. The zero-order valence-corrected chi connectivity index (χ0v) is 9.64. The molecule has 16 heavy (non-hydrogen) atoms. The quantitative estimate of drug-likeness (QED) is 0.782. The maximum Gasteiger partial charge on any atom is 0.163 e. The molecule has 0 amide bonds. The average molecular weight is 219 g/mol. The number of nitrogens with one attached hydrogen (secondary N) is 1. The van der Waals surface area contributed by atoms with Gasteiger partial charge in [-0.25, -0.2) is 0 Å². The van der Waals surface area contributed by atoms with Crippen LogP contribution in [-0.2, 0) is 9.47 Å². The van der Waals surface area contributed by atoms with Crippen LogP contribution in [0.2, 0.25) is 0 Å². The topological polar surface area (TPSA) is 30.5 Å². The predicted octanol–water partition coefficient (Wildman–Crippen LogP) is 1.85. The first-order valence-electron chi connectivity index (χ1n) is 5.80. The summed E-state index contributed by atoms with van der Waals surface area (Å²) in [6, 6.07) is 10.7. The number of fused-ring (bicyclic) bond motifs is 1. The third kappa shape index (κ3) is 1.65. The van der Waals surface area contributed by atoms with Crippen LogP contribution in [0.4, 0.5) is 0 Å². The van der Waals surface area contributed by atoms with E-state index in [2.05, 4.69) is 29.6 Å². The molecule has 3 heteroatoms. The van der Waals surface area contributed by atoms with Gasteiger partial charge in [-0.3, -0.25) is 0 Å². The van der Waals surface area contributed by atoms with Gasteiger partial charge in [-0.2, -0.15) is 0 Å². The molecule has 0 saturated carbocycles. The van der Waals surface area contributed by atoms with E-state index in [1.807, 2.05) is 19.9 Å². The van der Waals surface area contributed by atoms with Crippen LogP contribution in [0, 0.1) is 0 Å². The van der Waals surface area contributed by atoms with E-state index in [4.69, 9.17) is 9.47 Å². The van der Waals surface area contributed by atoms with Gasteiger partial charge in [0.2, 0.25) is 0 Å². The number of rotatable bonds is 1. The molecule has 3 atom stereocenters. The summed E-state index contributed by atoms with van der Waals surface area (Å²) in [6.45, 7) is 4.83. The third-order valence-electron chi connectivity index (χ3n) is 3.25. The van der Waals surface area contributed by atoms with Gasteiger partial charge in [0, 0.05) is 6.54 Å². The zero-order valence-electron chi connectivity index (χ0n) is 9.64. The molecule has 2 heterocycles. The fourth-order valence-corrected chi connectivity index (χ4v) is 2.63. The molecule has 0 unspecified atom stereocenters. The Bertz CT molecular complexity index is 377. The lowest BCUT2D eigenvalue weighted by Gasteiger charge is -2.22. The Morgan fingerprint density at radius 3 is 2.69 bits per heavy atom. The summed E-state index contributed by atoms with van der Waals surface area (Å²) in [7, 11) is 0. The molecule has 1 aromatic carbocycles. The van der Waals surface area contributed by atoms with Crippen molar-refractivity contribution < 1.29 is 9.47 Å². The molecule has 86 valence electrons. The second kappa shape index (κ2) is 3.55. The van der Waals surface area contributed by atoms with Gasteiger partial charge in [0.05, 0.1) is 6.04 Å². The molecule has 3 rings (SSSR count). The molecule has 2 saturated heterocycles. The highest BCUT2D eigenvalue weighted by Crippen LogP contribution is 2.38. The smallest absolute Gasteiger partial charge is 0.163 e. The maximum atomic E-state index is 5.96. The predicted molar refractivity (Wildman–Crippen MR) is 61.0 cm³/mol. The first-order chi connectivity index (χ1) is 7.66. The van der Waals surface area contributed by atoms with Crippen molar-refractivity contribution in [2.24, 2.45) is 0 Å². The van der Waals surface area contributed by atoms with E-state index in [0.29, 0.717) is 0 Å². The Hall–Kier alpha value is -0.900. The van der Waals surface area contributed by atoms with Crippen LogP contribution in [0.5, 0.6) is 0 Å². The molecule has 3 nitrogen and oxygen atoms in total. The molecule has 0 aliphatic carbocycles. The maximum absolute atomic E-state index is 5.96. The van der Waals surface area contributed by atoms with Crippen LogP contribution in [0.15, 0.2) is 30.3 Å². The first kappa shape index (κ1) is 10.3. The molecule has 0 bridgehead atoms. The summed E-state index contributed by atoms with van der Waals surface area (Å²) in [5.41, 5.74) is 1.27. The molecular weight excluding hydrogens is 202 g/mol. The highest BCUT2D eigenvalue weighted by molar-refractivity contribution is 5.23. The van der Waals surface area contributed by atoms with Crippen molar-refractivity contribution in [3.8, 4) is 0 Å². The SMILES string of the molecule is CC1(C)O[C@H]2[C@@H](c3ccccc3)NC[C@H]2O1. The highest BCUT2D eigenvalue weighted by atomic mass is 16.8. The van der Waals surface area contributed by atoms with Crippen LogP contribution in [0.1, 0.15) is 25.5 Å². The van der Waals surface area contributed by atoms with Gasteiger partial charge >= 0.3 is 0 Å². The van der Waals surface area contributed by atoms with E-state index in [0.717, 1.165) is 6.54 Å². The summed E-state index contributed by atoms with van der Waals surface area (Å²) in [5, 5.41) is 3.46. The normalized spacial score (nSPS) is 36.2. The van der Waals surface area contributed by atoms with E-state index in [-0.39, 0.29) is 18.2 Å². The molecule has 1 aromatic rings. The van der Waals surface area contributed by atoms with Crippen molar-refractivity contribution in [2.45, 2.75) is 37.9 Å². The van der Waals surface area contributed by atoms with Gasteiger partial charge < -0.3 is 14.8 Å². The summed E-state index contributed by atoms with van der Waals surface area (Å²) in [6.07, 6.45) is 0.317. The lowest BCUT2D eigenvalue weighted by atomic mass is 10.0. The zero-order chi connectivity index (χ0) is 11.2. The van der Waals surface area contributed by atoms with Crippen LogP contribution < -0.4 is 5.32 Å². The van der Waals surface area contributed by atoms with Crippen molar-refractivity contribution in [2.75, 3.05) is 6.54 Å². The number of hydrogen-bond acceptors (Lipinski definition) is 3. The van der Waals surface area contributed by atoms with Crippen molar-refractivity contribution in [1.82, 2.24) is 5.32 Å². The van der Waals surface area contributed by atoms with Crippen molar-refractivity contribution in [1.29, 1.82) is 0 Å². The molecule has 2 aliphatic heterocycles. The van der Waals surface area contributed by atoms with Crippen molar-refractivity contribution in [3.63, 3.8) is 0 Å². The van der Waals surface area contributed by atoms with E-state index < -0.39 is 5.79 Å². The minimum absolute atomic E-state index is 0.136. The van der Waals surface area contributed by atoms with Crippen LogP contribution in [0.3, 0.4) is 0 Å². The summed E-state index contributed by atoms with van der Waals surface area (Å²) in [4.78, 5) is 0. The van der Waals surface area contributed by atoms with Crippen molar-refractivity contribution in [3.05, 3.63) is 35.9 Å². The summed E-state index contributed by atoms with van der Waals surface area (Å²) < 4.78 is 11.8. The second-order valence-electron chi connectivity index (χ2n) is 4.94. The number of ether oxygens (including phenoxy) is 2. The molecule has 0 spiro atoms. The Morgan fingerprint density at radius 1 is 1.19 bits per heavy atom. The fraction of sp³-hybridized carbons (Fsp3) is 0.538. The molecule has 1 N–H and O–H groups in total. The highest BCUT2D eigenvalue weighted by Gasteiger charge is 2.49. The van der Waals surface area contributed by atoms with E-state index >= 15 is 0 Å². The monoisotopic (exact) mass is 219 g/mol. The Kier molecular flexibility index (Phi) is 2.28. The third-order valence-corrected chi connectivity index (χ3v) is 3.25. The molecular formula is C13H17NO2. The van der Waals surface area contributed by atoms with E-state index in [1.165, 1.54) is 5.56 Å². The molecule has 2 aliphatic rings. The molecule has 0 radical (unpaired) electrons. The summed E-state index contributed by atoms with van der Waals surface area (Å²) >= 11 is 0. The Labute approximate surface area is 95.8 Å². The number of hydrogen-bond donors (Lipinski definition) is 1. The minimum Gasteiger partial charge on any atom is -0.343 e. The largest absolute Gasteiger partial charge is 0.343 e. The van der Waals surface area contributed by atoms with Gasteiger partial charge in [-0.15, -0.1) is 0 Å². The Balaban J connectivity index is 1.84. The van der Waals surface area contributed by atoms with Gasteiger partial charge in [0.15, 0.2) is 5.79 Å². The van der Waals surface area contributed by atoms with Crippen LogP contribution >= 0.6 is 0 Å². The van der Waals surface area contributed by atoms with E-state index in [9.17, 15) is 0 Å². The van der Waals surface area contributed by atoms with Crippen molar-refractivity contribution >= 4 is 0 Å². The Morgan fingerprint density at radius 2 is 1.94 bits per heavy atom. The molecule has 0 aromatic heterocycles. The lowest BCUT2D eigenvalue weighted by molar-refractivity contribution is -0.153. The van der Waals surface area contributed by atoms with Gasteiger partial charge in [-0.1, -0.05) is 30.3 Å². The lowest BCUT2D eigenvalue weighted by Crippen LogP contribution is -2.29. The van der Waals surface area contributed by atoms with Gasteiger partial charge in [0.1, 0.15) is 12.2 Å². The average Bonchev–Trinajstić information content (AvgIpc) is 2.74. The standard InChI is InChI=1S/C13H17NO2/c1-13(2)15-10-8-14-11(12(10)16-13)9-6-4-3-5-7-9/h3-7,10-12,14H,8H2,1-2H3/t10-,11-,12-/m1/s1. The minimum atomic E-state index is -0.440. The van der Waals surface area contributed by atoms with E-state index in [1.54, 1.807) is 0 Å². The number of benzene rings is 1. The van der Waals surface area contributed by atoms with Gasteiger partial charge in [-0.05, 0) is 19.4 Å². The molecule has 2 fully saturated rings.